The average molecular weight is 326 g/mol. The van der Waals surface area contributed by atoms with Crippen LogP contribution < -0.4 is 14.8 Å². The number of hydrogen-bond donors (Lipinski definition) is 0. The fourth-order valence-electron chi connectivity index (χ4n) is 2.35. The van der Waals surface area contributed by atoms with E-state index in [9.17, 15) is 15.0 Å². The summed E-state index contributed by atoms with van der Waals surface area (Å²) in [6.07, 6.45) is 0.232. The van der Waals surface area contributed by atoms with Gasteiger partial charge in [-0.1, -0.05) is 19.1 Å². The predicted octanol–water partition coefficient (Wildman–Crippen LogP) is 1.29. The second kappa shape index (κ2) is 6.71. The molecule has 22 heavy (non-hydrogen) atoms. The third-order valence-corrected chi connectivity index (χ3v) is 5.36. The average Bonchev–Trinajstić information content (AvgIpc) is 2.51. The minimum absolute atomic E-state index is 0.0962. The van der Waals surface area contributed by atoms with E-state index in [0.717, 1.165) is 0 Å². The van der Waals surface area contributed by atoms with Gasteiger partial charge in [0.1, 0.15) is 15.6 Å². The van der Waals surface area contributed by atoms with Crippen molar-refractivity contribution in [2.24, 2.45) is 0 Å². The van der Waals surface area contributed by atoms with E-state index in [2.05, 4.69) is 0 Å². The van der Waals surface area contributed by atoms with Gasteiger partial charge in [-0.25, -0.2) is 0 Å². The Bertz CT molecular complexity index is 725. The van der Waals surface area contributed by atoms with Crippen LogP contribution in [0.1, 0.15) is 26.5 Å². The minimum atomic E-state index is -3.87. The van der Waals surface area contributed by atoms with Crippen LogP contribution in [0.4, 0.5) is 0 Å². The van der Waals surface area contributed by atoms with Gasteiger partial charge < -0.3 is 14.8 Å². The molecular weight excluding hydrogens is 307 g/mol. The second-order valence-corrected chi connectivity index (χ2v) is 6.47. The number of fused-ring (bicyclic) bond motifs is 1. The molecule has 2 rings (SSSR count). The summed E-state index contributed by atoms with van der Waals surface area (Å²) >= 11 is 0. The third-order valence-electron chi connectivity index (χ3n) is 3.21. The molecule has 1 aromatic carbocycles. The van der Waals surface area contributed by atoms with Crippen LogP contribution in [-0.4, -0.2) is 17.9 Å². The first-order valence-electron chi connectivity index (χ1n) is 7.16. The van der Waals surface area contributed by atoms with Crippen molar-refractivity contribution >= 4 is 24.4 Å². The highest BCUT2D eigenvalue weighted by atomic mass is 31.2. The Labute approximate surface area is 128 Å². The molecule has 0 radical (unpaired) electrons. The van der Waals surface area contributed by atoms with Crippen LogP contribution in [0.25, 0.3) is 11.0 Å². The Balaban J connectivity index is 2.87. The lowest BCUT2D eigenvalue weighted by molar-refractivity contribution is -0.448. The maximum absolute atomic E-state index is 13.0. The lowest BCUT2D eigenvalue weighted by Gasteiger charge is -2.25. The highest BCUT2D eigenvalue weighted by Crippen LogP contribution is 2.50. The molecule has 0 aliphatic carbocycles. The highest BCUT2D eigenvalue weighted by Gasteiger charge is 2.47. The normalized spacial score (nSPS) is 12.0. The van der Waals surface area contributed by atoms with E-state index in [0.29, 0.717) is 9.16 Å². The zero-order valence-corrected chi connectivity index (χ0v) is 13.7. The Morgan fingerprint density at radius 2 is 1.77 bits per heavy atom. The Kier molecular flexibility index (Phi) is 5.13. The molecule has 0 saturated heterocycles. The molecule has 1 aromatic heterocycles. The fourth-order valence-corrected chi connectivity index (χ4v) is 4.24. The van der Waals surface area contributed by atoms with E-state index in [-0.39, 0.29) is 41.8 Å². The summed E-state index contributed by atoms with van der Waals surface area (Å²) in [5.41, 5.74) is 0.216. The summed E-state index contributed by atoms with van der Waals surface area (Å²) < 4.78 is 11.6. The molecule has 120 valence electrons. The van der Waals surface area contributed by atoms with Gasteiger partial charge in [-0.05, 0) is 26.3 Å². The monoisotopic (exact) mass is 326 g/mol. The summed E-state index contributed by atoms with van der Waals surface area (Å²) in [5.74, 6) is 0. The van der Waals surface area contributed by atoms with Crippen LogP contribution in [0, 0.1) is 10.1 Å². The fraction of sp³-hybridized carbons (Fsp3) is 0.429. The first-order chi connectivity index (χ1) is 10.5. The van der Waals surface area contributed by atoms with Crippen LogP contribution >= 0.6 is 7.94 Å². The molecule has 0 amide bonds. The van der Waals surface area contributed by atoms with Crippen molar-refractivity contribution in [3.05, 3.63) is 40.1 Å². The Hall–Kier alpha value is -1.53. The van der Waals surface area contributed by atoms with E-state index in [1.165, 1.54) is 6.07 Å². The number of aromatic nitrogens is 2. The first kappa shape index (κ1) is 16.8. The van der Waals surface area contributed by atoms with E-state index < -0.39 is 7.94 Å². The van der Waals surface area contributed by atoms with Crippen molar-refractivity contribution in [2.75, 3.05) is 13.2 Å². The maximum Gasteiger partial charge on any atom is 0.444 e. The van der Waals surface area contributed by atoms with Gasteiger partial charge in [0, 0.05) is 11.0 Å². The number of rotatable bonds is 6. The smallest absolute Gasteiger partial charge is 0.444 e. The van der Waals surface area contributed by atoms with Gasteiger partial charge >= 0.3 is 13.4 Å². The molecule has 0 atom stereocenters. The molecule has 0 aliphatic rings. The molecule has 2 aromatic rings. The molecule has 0 saturated carbocycles. The van der Waals surface area contributed by atoms with Crippen molar-refractivity contribution in [2.45, 2.75) is 27.2 Å². The van der Waals surface area contributed by atoms with Gasteiger partial charge in [0.15, 0.2) is 0 Å². The quantitative estimate of drug-likeness (QED) is 0.589. The van der Waals surface area contributed by atoms with E-state index >= 15 is 0 Å². The zero-order chi connectivity index (χ0) is 16.3. The van der Waals surface area contributed by atoms with E-state index in [1.54, 1.807) is 39.0 Å². The summed E-state index contributed by atoms with van der Waals surface area (Å²) in [6, 6.07) is 6.35. The molecule has 0 fully saturated rings. The molecule has 0 aliphatic heterocycles. The molecule has 1 heterocycles. The molecule has 0 spiro atoms. The van der Waals surface area contributed by atoms with Crippen LogP contribution in [-0.2, 0) is 15.5 Å². The van der Waals surface area contributed by atoms with Crippen LogP contribution in [0.15, 0.2) is 24.3 Å². The van der Waals surface area contributed by atoms with Gasteiger partial charge in [-0.3, -0.25) is 0 Å². The van der Waals surface area contributed by atoms with E-state index in [1.807, 2.05) is 0 Å². The number of hydrogen-bond acceptors (Lipinski definition) is 5. The summed E-state index contributed by atoms with van der Waals surface area (Å²) in [7, 11) is -3.87. The van der Waals surface area contributed by atoms with Gasteiger partial charge in [-0.2, -0.15) is 9.05 Å². The first-order valence-corrected chi connectivity index (χ1v) is 8.70. The molecule has 0 N–H and O–H groups in total. The summed E-state index contributed by atoms with van der Waals surface area (Å²) in [6.45, 7) is 5.22. The number of nitrogens with zero attached hydrogens (tertiary/aromatic N) is 2. The molecule has 7 nitrogen and oxygen atoms in total. The standard InChI is InChI=1S/C14H19N2O5P/c1-4-11-14(22(19,20-5-2)21-6-3)16(18)13-10-8-7-9-12(13)15(11)17/h7-10H,4-6H2,1-3H3. The topological polar surface area (TPSA) is 92.5 Å². The van der Waals surface area contributed by atoms with Crippen molar-refractivity contribution < 1.29 is 18.4 Å². The SMILES string of the molecule is CCO[P+]([O-])(OCC)c1c(CC)n([O-])c2ccccc2[n+]1=O. The van der Waals surface area contributed by atoms with Crippen molar-refractivity contribution in [3.63, 3.8) is 0 Å². The molecule has 8 heteroatoms. The van der Waals surface area contributed by atoms with Crippen molar-refractivity contribution in [1.82, 2.24) is 4.73 Å². The van der Waals surface area contributed by atoms with E-state index in [4.69, 9.17) is 9.05 Å². The minimum Gasteiger partial charge on any atom is -0.805 e. The lowest BCUT2D eigenvalue weighted by Crippen LogP contribution is -2.47. The zero-order valence-electron chi connectivity index (χ0n) is 12.8. The molecular formula is C14H19N2O5P. The lowest BCUT2D eigenvalue weighted by atomic mass is 10.2. The van der Waals surface area contributed by atoms with Crippen molar-refractivity contribution in [3.8, 4) is 0 Å². The predicted molar refractivity (Wildman–Crippen MR) is 83.3 cm³/mol. The van der Waals surface area contributed by atoms with Gasteiger partial charge in [0.05, 0.1) is 13.2 Å². The molecule has 0 unspecified atom stereocenters. The second-order valence-electron chi connectivity index (χ2n) is 4.53. The van der Waals surface area contributed by atoms with Crippen LogP contribution in [0.5, 0.6) is 0 Å². The summed E-state index contributed by atoms with van der Waals surface area (Å²) in [5, 5.41) is 12.5. The van der Waals surface area contributed by atoms with Crippen LogP contribution in [0.2, 0.25) is 0 Å². The van der Waals surface area contributed by atoms with Gasteiger partial charge in [0.2, 0.25) is 0 Å². The number of para-hydroxylation sites is 2. The maximum atomic E-state index is 13.0. The largest absolute Gasteiger partial charge is 0.805 e. The van der Waals surface area contributed by atoms with Crippen molar-refractivity contribution in [1.29, 1.82) is 0 Å². The third kappa shape index (κ3) is 2.73. The molecule has 0 bridgehead atoms. The summed E-state index contributed by atoms with van der Waals surface area (Å²) in [4.78, 5) is 25.7. The number of benzene rings is 1. The highest BCUT2D eigenvalue weighted by molar-refractivity contribution is 7.66. The Morgan fingerprint density at radius 3 is 2.32 bits per heavy atom. The Morgan fingerprint density at radius 1 is 1.18 bits per heavy atom. The van der Waals surface area contributed by atoms with Gasteiger partial charge in [-0.15, -0.1) is 0 Å². The van der Waals surface area contributed by atoms with Crippen LogP contribution in [0.3, 0.4) is 0 Å². The van der Waals surface area contributed by atoms with Gasteiger partial charge in [0.25, 0.3) is 5.52 Å².